The van der Waals surface area contributed by atoms with Gasteiger partial charge in [-0.05, 0) is 93.0 Å². The van der Waals surface area contributed by atoms with Crippen LogP contribution in [0.4, 0.5) is 0 Å². The average molecular weight is 553 g/mol. The van der Waals surface area contributed by atoms with Gasteiger partial charge in [0.15, 0.2) is 6.29 Å². The molecule has 5 fully saturated rings. The van der Waals surface area contributed by atoms with Crippen molar-refractivity contribution in [2.45, 2.75) is 114 Å². The summed E-state index contributed by atoms with van der Waals surface area (Å²) in [5.41, 5.74) is -1.51. The highest BCUT2D eigenvalue weighted by Crippen LogP contribution is 2.70. The van der Waals surface area contributed by atoms with E-state index in [1.807, 2.05) is 6.92 Å². The maximum Gasteiger partial charge on any atom is 0.331 e. The van der Waals surface area contributed by atoms with E-state index in [2.05, 4.69) is 0 Å². The van der Waals surface area contributed by atoms with Gasteiger partial charge >= 0.3 is 5.97 Å². The molecule has 4 saturated carbocycles. The zero-order valence-corrected chi connectivity index (χ0v) is 22.8. The van der Waals surface area contributed by atoms with E-state index in [9.17, 15) is 35.4 Å². The highest BCUT2D eigenvalue weighted by Gasteiger charge is 2.71. The second kappa shape index (κ2) is 9.73. The van der Waals surface area contributed by atoms with E-state index < -0.39 is 53.2 Å². The maximum absolute atomic E-state index is 12.4. The van der Waals surface area contributed by atoms with Gasteiger partial charge in [-0.15, -0.1) is 0 Å². The molecule has 0 spiro atoms. The van der Waals surface area contributed by atoms with Crippen LogP contribution in [0.2, 0.25) is 0 Å². The smallest absolute Gasteiger partial charge is 0.331 e. The number of fused-ring (bicyclic) bond motifs is 5. The lowest BCUT2D eigenvalue weighted by Crippen LogP contribution is -2.68. The summed E-state index contributed by atoms with van der Waals surface area (Å²) in [5.74, 6) is -0.515. The summed E-state index contributed by atoms with van der Waals surface area (Å²) in [4.78, 5) is 11.8. The Labute approximate surface area is 229 Å². The van der Waals surface area contributed by atoms with Crippen LogP contribution in [0.3, 0.4) is 0 Å². The third kappa shape index (κ3) is 3.93. The molecule has 1 saturated heterocycles. The van der Waals surface area contributed by atoms with Crippen molar-refractivity contribution in [3.63, 3.8) is 0 Å². The average Bonchev–Trinajstić information content (AvgIpc) is 3.47. The van der Waals surface area contributed by atoms with Gasteiger partial charge in [0, 0.05) is 18.1 Å². The summed E-state index contributed by atoms with van der Waals surface area (Å²) < 4.78 is 17.0. The van der Waals surface area contributed by atoms with Crippen LogP contribution < -0.4 is 0 Å². The zero-order chi connectivity index (χ0) is 27.9. The van der Waals surface area contributed by atoms with Gasteiger partial charge in [0.25, 0.3) is 0 Å². The molecule has 14 atom stereocenters. The molecule has 0 aromatic rings. The first kappa shape index (κ1) is 28.0. The molecule has 10 heteroatoms. The van der Waals surface area contributed by atoms with Gasteiger partial charge in [0.2, 0.25) is 0 Å². The van der Waals surface area contributed by atoms with Crippen LogP contribution in [0.1, 0.15) is 65.2 Å². The largest absolute Gasteiger partial charge is 0.458 e. The first-order chi connectivity index (χ1) is 18.5. The van der Waals surface area contributed by atoms with E-state index >= 15 is 0 Å². The van der Waals surface area contributed by atoms with Crippen LogP contribution >= 0.6 is 0 Å². The van der Waals surface area contributed by atoms with Crippen molar-refractivity contribution in [3.8, 4) is 0 Å². The fourth-order valence-corrected chi connectivity index (χ4v) is 9.90. The molecule has 0 aromatic heterocycles. The predicted octanol–water partition coefficient (Wildman–Crippen LogP) is 0.399. The van der Waals surface area contributed by atoms with Gasteiger partial charge in [-0.2, -0.15) is 0 Å². The number of hydrogen-bond acceptors (Lipinski definition) is 10. The Morgan fingerprint density at radius 1 is 1.00 bits per heavy atom. The van der Waals surface area contributed by atoms with Crippen LogP contribution in [0.15, 0.2) is 11.6 Å². The third-order valence-electron chi connectivity index (χ3n) is 12.2. The van der Waals surface area contributed by atoms with Gasteiger partial charge in [-0.25, -0.2) is 4.79 Å². The monoisotopic (exact) mass is 552 g/mol. The molecule has 0 aromatic carbocycles. The lowest BCUT2D eigenvalue weighted by Gasteiger charge is -2.65. The number of ether oxygens (including phenoxy) is 3. The molecule has 2 heterocycles. The number of aliphatic hydroxyl groups excluding tert-OH is 5. The lowest BCUT2D eigenvalue weighted by molar-refractivity contribution is -0.312. The Morgan fingerprint density at radius 3 is 2.46 bits per heavy atom. The molecule has 220 valence electrons. The summed E-state index contributed by atoms with van der Waals surface area (Å²) in [6.45, 7) is 3.78. The van der Waals surface area contributed by atoms with E-state index in [1.54, 1.807) is 6.92 Å². The van der Waals surface area contributed by atoms with Crippen molar-refractivity contribution >= 4 is 5.97 Å². The van der Waals surface area contributed by atoms with Crippen molar-refractivity contribution in [1.29, 1.82) is 0 Å². The molecular weight excluding hydrogens is 508 g/mol. The fraction of sp³-hybridized carbons (Fsp3) is 0.897. The molecule has 0 bridgehead atoms. The fourth-order valence-electron chi connectivity index (χ4n) is 9.90. The minimum atomic E-state index is -1.36. The van der Waals surface area contributed by atoms with Crippen molar-refractivity contribution < 1.29 is 49.6 Å². The van der Waals surface area contributed by atoms with Crippen molar-refractivity contribution in [2.24, 2.45) is 34.5 Å². The van der Waals surface area contributed by atoms with Crippen LogP contribution in [0.25, 0.3) is 0 Å². The summed E-state index contributed by atoms with van der Waals surface area (Å²) >= 11 is 0. The van der Waals surface area contributed by atoms with E-state index in [0.717, 1.165) is 18.4 Å². The summed E-state index contributed by atoms with van der Waals surface area (Å²) in [6.07, 6.45) is 0.0610. The minimum absolute atomic E-state index is 0.0352. The van der Waals surface area contributed by atoms with Crippen molar-refractivity contribution in [2.75, 3.05) is 13.2 Å². The number of rotatable bonds is 4. The molecule has 6 N–H and O–H groups in total. The summed E-state index contributed by atoms with van der Waals surface area (Å²) in [5, 5.41) is 65.6. The van der Waals surface area contributed by atoms with Crippen molar-refractivity contribution in [1.82, 2.24) is 0 Å². The lowest BCUT2D eigenvalue weighted by atomic mass is 9.42. The van der Waals surface area contributed by atoms with Gasteiger partial charge in [0.1, 0.15) is 24.9 Å². The normalized spacial score (nSPS) is 55.3. The van der Waals surface area contributed by atoms with E-state index in [0.29, 0.717) is 38.5 Å². The van der Waals surface area contributed by atoms with Gasteiger partial charge in [0.05, 0.1) is 23.9 Å². The van der Waals surface area contributed by atoms with Crippen LogP contribution in [-0.2, 0) is 19.0 Å². The number of aliphatic hydroxyl groups is 6. The zero-order valence-electron chi connectivity index (χ0n) is 22.8. The Morgan fingerprint density at radius 2 is 1.77 bits per heavy atom. The second-order valence-electron chi connectivity index (χ2n) is 13.5. The highest BCUT2D eigenvalue weighted by molar-refractivity contribution is 5.85. The number of hydrogen-bond donors (Lipinski definition) is 6. The number of carbonyl (C=O) groups is 1. The first-order valence-corrected chi connectivity index (χ1v) is 14.7. The standard InChI is InChI=1S/C29H44O10/c1-14-23(33)24(34)25(35)26(38-14)39-17-5-7-28(13-30)16(10-17)3-4-19-20(28)11-21(31)27(2)18(6-8-29(19,27)36)15-9-22(32)37-12-15/h9,14,16-21,23-26,30-31,33-36H,3-8,10-13H2,1-2H3/t14-,16-,17+,18-,19+,20+,21-,23+,24-,25-,26+,27+,28-,29+/m1/s1. The van der Waals surface area contributed by atoms with E-state index in [-0.39, 0.29) is 49.0 Å². The van der Waals surface area contributed by atoms with Gasteiger partial charge < -0.3 is 44.8 Å². The van der Waals surface area contributed by atoms with Crippen LogP contribution in [0.5, 0.6) is 0 Å². The van der Waals surface area contributed by atoms with Crippen molar-refractivity contribution in [3.05, 3.63) is 11.6 Å². The number of esters is 1. The molecule has 0 radical (unpaired) electrons. The third-order valence-corrected chi connectivity index (χ3v) is 12.2. The molecule has 0 amide bonds. The molecule has 0 unspecified atom stereocenters. The molecule has 6 rings (SSSR count). The predicted molar refractivity (Wildman–Crippen MR) is 136 cm³/mol. The first-order valence-electron chi connectivity index (χ1n) is 14.7. The topological polar surface area (TPSA) is 166 Å². The number of carbonyl (C=O) groups excluding carboxylic acids is 1. The minimum Gasteiger partial charge on any atom is -0.458 e. The maximum atomic E-state index is 12.4. The van der Waals surface area contributed by atoms with Gasteiger partial charge in [-0.3, -0.25) is 0 Å². The van der Waals surface area contributed by atoms with Crippen LogP contribution in [0, 0.1) is 34.5 Å². The molecular formula is C29H44O10. The molecule has 6 aliphatic rings. The summed E-state index contributed by atoms with van der Waals surface area (Å²) in [6, 6.07) is 0. The molecule has 10 nitrogen and oxygen atoms in total. The second-order valence-corrected chi connectivity index (χ2v) is 13.5. The SMILES string of the molecule is C[C@H]1O[C@@H](O[C@H]2CC[C@@]3(CO)[C@H](CC[C@H]4[C@@H]3C[C@@H](O)[C@]3(C)[C@@H](C5=CC(=O)OC5)CC[C@]43O)C2)[C@H](O)[C@H](O)[C@H]1O. The highest BCUT2D eigenvalue weighted by atomic mass is 16.7. The van der Waals surface area contributed by atoms with E-state index in [4.69, 9.17) is 14.2 Å². The molecule has 2 aliphatic heterocycles. The van der Waals surface area contributed by atoms with E-state index in [1.165, 1.54) is 6.08 Å². The Balaban J connectivity index is 1.21. The van der Waals surface area contributed by atoms with Gasteiger partial charge in [-0.1, -0.05) is 6.92 Å². The Bertz CT molecular complexity index is 1000. The Kier molecular flexibility index (Phi) is 6.99. The molecule has 4 aliphatic carbocycles. The molecule has 39 heavy (non-hydrogen) atoms. The quantitative estimate of drug-likeness (QED) is 0.212. The number of cyclic esters (lactones) is 1. The summed E-state index contributed by atoms with van der Waals surface area (Å²) in [7, 11) is 0. The van der Waals surface area contributed by atoms with Crippen LogP contribution in [-0.4, -0.2) is 98.3 Å². The Hall–Kier alpha value is -1.11.